The van der Waals surface area contributed by atoms with Gasteiger partial charge < -0.3 is 5.11 Å². The van der Waals surface area contributed by atoms with Crippen LogP contribution in [0.3, 0.4) is 0 Å². The molecule has 0 aromatic carbocycles. The van der Waals surface area contributed by atoms with E-state index in [1.165, 1.54) is 0 Å². The monoisotopic (exact) mass is 204 g/mol. The van der Waals surface area contributed by atoms with Gasteiger partial charge in [0.1, 0.15) is 0 Å². The summed E-state index contributed by atoms with van der Waals surface area (Å²) >= 11 is 0. The van der Waals surface area contributed by atoms with Crippen LogP contribution in [-0.2, 0) is 4.79 Å². The highest BCUT2D eigenvalue weighted by molar-refractivity contribution is 5.67. The molecule has 0 heterocycles. The van der Waals surface area contributed by atoms with Gasteiger partial charge in [0.25, 0.3) is 5.92 Å². The van der Waals surface area contributed by atoms with Gasteiger partial charge in [-0.1, -0.05) is 0 Å². The summed E-state index contributed by atoms with van der Waals surface area (Å²) in [6, 6.07) is 0. The second-order valence-corrected chi connectivity index (χ2v) is 4.51. The number of carbonyl (C=O) groups is 1. The molecule has 2 saturated carbocycles. The highest BCUT2D eigenvalue weighted by Crippen LogP contribution is 2.61. The molecule has 2 fully saturated rings. The van der Waals surface area contributed by atoms with Gasteiger partial charge in [0.2, 0.25) is 0 Å². The molecule has 1 N–H and O–H groups in total. The molecular weight excluding hydrogens is 190 g/mol. The van der Waals surface area contributed by atoms with E-state index in [0.29, 0.717) is 25.7 Å². The van der Waals surface area contributed by atoms with Gasteiger partial charge in [0, 0.05) is 18.3 Å². The Morgan fingerprint density at radius 1 is 1.21 bits per heavy atom. The van der Waals surface area contributed by atoms with E-state index in [1.807, 2.05) is 0 Å². The summed E-state index contributed by atoms with van der Waals surface area (Å²) in [6.45, 7) is 0. The van der Waals surface area contributed by atoms with Crippen molar-refractivity contribution in [1.29, 1.82) is 0 Å². The molecule has 0 bridgehead atoms. The fraction of sp³-hybridized carbons (Fsp3) is 0.900. The average molecular weight is 204 g/mol. The van der Waals surface area contributed by atoms with Crippen molar-refractivity contribution in [2.24, 2.45) is 17.8 Å². The number of hydrogen-bond donors (Lipinski definition) is 1. The first-order valence-electron chi connectivity index (χ1n) is 5.11. The predicted octanol–water partition coefficient (Wildman–Crippen LogP) is 2.53. The van der Waals surface area contributed by atoms with Crippen LogP contribution in [0.1, 0.15) is 32.1 Å². The van der Waals surface area contributed by atoms with Crippen molar-refractivity contribution in [2.75, 3.05) is 0 Å². The Morgan fingerprint density at radius 3 is 2.14 bits per heavy atom. The molecule has 14 heavy (non-hydrogen) atoms. The van der Waals surface area contributed by atoms with E-state index in [-0.39, 0.29) is 12.3 Å². The Balaban J connectivity index is 1.86. The van der Waals surface area contributed by atoms with Crippen LogP contribution in [0.15, 0.2) is 0 Å². The number of aliphatic carboxylic acids is 1. The highest BCUT2D eigenvalue weighted by atomic mass is 19.3. The number of carboxylic acids is 1. The number of rotatable bonds is 2. The Kier molecular flexibility index (Phi) is 2.24. The van der Waals surface area contributed by atoms with Gasteiger partial charge in [0.15, 0.2) is 0 Å². The summed E-state index contributed by atoms with van der Waals surface area (Å²) in [4.78, 5) is 10.5. The second kappa shape index (κ2) is 3.17. The summed E-state index contributed by atoms with van der Waals surface area (Å²) in [7, 11) is 0. The van der Waals surface area contributed by atoms with E-state index >= 15 is 0 Å². The molecule has 0 aliphatic heterocycles. The highest BCUT2D eigenvalue weighted by Gasteiger charge is 2.67. The van der Waals surface area contributed by atoms with E-state index in [2.05, 4.69) is 0 Å². The molecule has 0 aromatic heterocycles. The standard InChI is InChI=1S/C10H14F2O2/c11-10(12)7-3-1-6(5-9(13)14)2-4-8(7)10/h6-8H,1-5H2,(H,13,14). The zero-order chi connectivity index (χ0) is 10.3. The Morgan fingerprint density at radius 2 is 1.71 bits per heavy atom. The molecule has 0 aromatic rings. The summed E-state index contributed by atoms with van der Waals surface area (Å²) in [5, 5.41) is 8.59. The van der Waals surface area contributed by atoms with Crippen LogP contribution in [0.25, 0.3) is 0 Å². The van der Waals surface area contributed by atoms with Crippen LogP contribution >= 0.6 is 0 Å². The first kappa shape index (κ1) is 9.87. The quantitative estimate of drug-likeness (QED) is 0.750. The van der Waals surface area contributed by atoms with Gasteiger partial charge in [-0.05, 0) is 31.6 Å². The van der Waals surface area contributed by atoms with E-state index < -0.39 is 23.7 Å². The number of alkyl halides is 2. The molecule has 0 spiro atoms. The molecule has 2 atom stereocenters. The van der Waals surface area contributed by atoms with Crippen molar-refractivity contribution in [1.82, 2.24) is 0 Å². The Hall–Kier alpha value is -0.670. The molecule has 2 aliphatic carbocycles. The second-order valence-electron chi connectivity index (χ2n) is 4.51. The van der Waals surface area contributed by atoms with Crippen LogP contribution in [0.5, 0.6) is 0 Å². The predicted molar refractivity (Wildman–Crippen MR) is 46.1 cm³/mol. The Bertz CT molecular complexity index is 237. The minimum absolute atomic E-state index is 0.121. The maximum atomic E-state index is 13.0. The third kappa shape index (κ3) is 1.62. The third-order valence-corrected chi connectivity index (χ3v) is 3.60. The summed E-state index contributed by atoms with van der Waals surface area (Å²) in [5.41, 5.74) is 0. The molecule has 2 aliphatic rings. The van der Waals surface area contributed by atoms with Crippen molar-refractivity contribution in [3.8, 4) is 0 Å². The normalized spacial score (nSPS) is 39.7. The lowest BCUT2D eigenvalue weighted by Gasteiger charge is -2.12. The van der Waals surface area contributed by atoms with Crippen LogP contribution in [0.4, 0.5) is 8.78 Å². The van der Waals surface area contributed by atoms with Gasteiger partial charge in [0.05, 0.1) is 0 Å². The SMILES string of the molecule is O=C(O)CC1CCC2C(CC1)C2(F)F. The topological polar surface area (TPSA) is 37.3 Å². The van der Waals surface area contributed by atoms with Gasteiger partial charge in [-0.15, -0.1) is 0 Å². The molecule has 2 rings (SSSR count). The molecular formula is C10H14F2O2. The fourth-order valence-corrected chi connectivity index (χ4v) is 2.67. The van der Waals surface area contributed by atoms with Crippen LogP contribution < -0.4 is 0 Å². The molecule has 0 saturated heterocycles. The van der Waals surface area contributed by atoms with Crippen molar-refractivity contribution < 1.29 is 18.7 Å². The number of halogens is 2. The molecule has 0 radical (unpaired) electrons. The van der Waals surface area contributed by atoms with E-state index in [0.717, 1.165) is 0 Å². The van der Waals surface area contributed by atoms with E-state index in [1.54, 1.807) is 0 Å². The zero-order valence-electron chi connectivity index (χ0n) is 7.88. The first-order chi connectivity index (χ1) is 6.51. The third-order valence-electron chi connectivity index (χ3n) is 3.60. The maximum absolute atomic E-state index is 13.0. The van der Waals surface area contributed by atoms with Crippen molar-refractivity contribution in [3.63, 3.8) is 0 Å². The number of fused-ring (bicyclic) bond motifs is 1. The first-order valence-corrected chi connectivity index (χ1v) is 5.11. The van der Waals surface area contributed by atoms with Gasteiger partial charge in [-0.25, -0.2) is 8.78 Å². The lowest BCUT2D eigenvalue weighted by molar-refractivity contribution is -0.138. The molecule has 0 amide bonds. The fourth-order valence-electron chi connectivity index (χ4n) is 2.67. The Labute approximate surface area is 81.3 Å². The molecule has 2 nitrogen and oxygen atoms in total. The van der Waals surface area contributed by atoms with Gasteiger partial charge in [-0.2, -0.15) is 0 Å². The van der Waals surface area contributed by atoms with E-state index in [4.69, 9.17) is 5.11 Å². The lowest BCUT2D eigenvalue weighted by Crippen LogP contribution is -2.09. The summed E-state index contributed by atoms with van der Waals surface area (Å²) in [6.07, 6.45) is 2.47. The number of hydrogen-bond acceptors (Lipinski definition) is 1. The minimum atomic E-state index is -2.44. The maximum Gasteiger partial charge on any atom is 0.303 e. The van der Waals surface area contributed by atoms with Crippen molar-refractivity contribution in [3.05, 3.63) is 0 Å². The van der Waals surface area contributed by atoms with Crippen LogP contribution in [0.2, 0.25) is 0 Å². The van der Waals surface area contributed by atoms with Gasteiger partial charge in [-0.3, -0.25) is 4.79 Å². The van der Waals surface area contributed by atoms with Crippen LogP contribution in [0, 0.1) is 17.8 Å². The number of carboxylic acid groups (broad SMARTS) is 1. The molecule has 80 valence electrons. The lowest BCUT2D eigenvalue weighted by atomic mass is 9.95. The molecule has 2 unspecified atom stereocenters. The summed E-state index contributed by atoms with van der Waals surface area (Å²) in [5.74, 6) is -4.01. The van der Waals surface area contributed by atoms with E-state index in [9.17, 15) is 13.6 Å². The van der Waals surface area contributed by atoms with Crippen LogP contribution in [-0.4, -0.2) is 17.0 Å². The van der Waals surface area contributed by atoms with Gasteiger partial charge >= 0.3 is 5.97 Å². The largest absolute Gasteiger partial charge is 0.481 e. The zero-order valence-corrected chi connectivity index (χ0v) is 7.88. The minimum Gasteiger partial charge on any atom is -0.481 e. The smallest absolute Gasteiger partial charge is 0.303 e. The van der Waals surface area contributed by atoms with Crippen molar-refractivity contribution >= 4 is 5.97 Å². The summed E-state index contributed by atoms with van der Waals surface area (Å²) < 4.78 is 25.9. The molecule has 4 heteroatoms. The van der Waals surface area contributed by atoms with Crippen molar-refractivity contribution in [2.45, 2.75) is 38.0 Å². The average Bonchev–Trinajstić information content (AvgIpc) is 2.65.